The molecule has 3 heterocycles. The largest absolute Gasteiger partial charge is 0.334 e. The molecule has 1 N–H and O–H groups in total. The van der Waals surface area contributed by atoms with Crippen molar-refractivity contribution in [3.63, 3.8) is 0 Å². The number of carbonyl (C=O) groups excluding carboxylic acids is 1. The number of amides is 2. The molecule has 3 aromatic rings. The molecule has 1 aliphatic heterocycles. The molecule has 126 valence electrons. The van der Waals surface area contributed by atoms with Crippen molar-refractivity contribution in [2.45, 2.75) is 19.0 Å². The van der Waals surface area contributed by atoms with Crippen LogP contribution < -0.4 is 5.32 Å². The molecule has 25 heavy (non-hydrogen) atoms. The van der Waals surface area contributed by atoms with Gasteiger partial charge in [-0.1, -0.05) is 36.4 Å². The predicted octanol–water partition coefficient (Wildman–Crippen LogP) is 4.00. The summed E-state index contributed by atoms with van der Waals surface area (Å²) in [7, 11) is 0. The number of nitrogens with one attached hydrogen (secondary N) is 1. The summed E-state index contributed by atoms with van der Waals surface area (Å²) in [4.78, 5) is 20.3. The minimum Gasteiger partial charge on any atom is -0.334 e. The molecule has 1 atom stereocenters. The van der Waals surface area contributed by atoms with Gasteiger partial charge in [-0.3, -0.25) is 4.98 Å². The minimum absolute atomic E-state index is 0.0231. The monoisotopic (exact) mass is 349 g/mol. The van der Waals surface area contributed by atoms with Gasteiger partial charge in [0.1, 0.15) is 0 Å². The highest BCUT2D eigenvalue weighted by Crippen LogP contribution is 2.37. The Morgan fingerprint density at radius 1 is 1.20 bits per heavy atom. The van der Waals surface area contributed by atoms with Crippen molar-refractivity contribution in [3.8, 4) is 0 Å². The standard InChI is InChI=1S/C20H19N3OS/c24-20(22-14-15-5-4-10-21-13-15)23-11-8-18-17(9-12-25-18)19(23)16-6-2-1-3-7-16/h1-7,9-10,12-13,19H,8,11,14H2,(H,22,24)/t19-/m1/s1. The van der Waals surface area contributed by atoms with Gasteiger partial charge in [0.2, 0.25) is 0 Å². The van der Waals surface area contributed by atoms with E-state index in [0.29, 0.717) is 6.54 Å². The van der Waals surface area contributed by atoms with Crippen LogP contribution in [0.5, 0.6) is 0 Å². The molecule has 0 saturated heterocycles. The normalized spacial score (nSPS) is 16.3. The summed E-state index contributed by atoms with van der Waals surface area (Å²) in [5.41, 5.74) is 3.40. The highest BCUT2D eigenvalue weighted by molar-refractivity contribution is 7.10. The number of hydrogen-bond donors (Lipinski definition) is 1. The summed E-state index contributed by atoms with van der Waals surface area (Å²) in [6, 6.07) is 16.2. The lowest BCUT2D eigenvalue weighted by Gasteiger charge is -2.36. The lowest BCUT2D eigenvalue weighted by atomic mass is 9.93. The average molecular weight is 349 g/mol. The molecule has 0 unspecified atom stereocenters. The van der Waals surface area contributed by atoms with Crippen LogP contribution in [0.4, 0.5) is 4.79 Å². The number of thiophene rings is 1. The summed E-state index contributed by atoms with van der Waals surface area (Å²) >= 11 is 1.78. The lowest BCUT2D eigenvalue weighted by Crippen LogP contribution is -2.45. The zero-order valence-electron chi connectivity index (χ0n) is 13.8. The second-order valence-electron chi connectivity index (χ2n) is 6.08. The molecule has 1 aromatic carbocycles. The molecule has 0 aliphatic carbocycles. The van der Waals surface area contributed by atoms with Crippen molar-refractivity contribution in [2.75, 3.05) is 6.54 Å². The SMILES string of the molecule is O=C(NCc1cccnc1)N1CCc2sccc2[C@H]1c1ccccc1. The molecule has 0 bridgehead atoms. The highest BCUT2D eigenvalue weighted by Gasteiger charge is 2.32. The number of nitrogens with zero attached hydrogens (tertiary/aromatic N) is 2. The van der Waals surface area contributed by atoms with Crippen LogP contribution in [-0.4, -0.2) is 22.5 Å². The van der Waals surface area contributed by atoms with Gasteiger partial charge < -0.3 is 10.2 Å². The summed E-state index contributed by atoms with van der Waals surface area (Å²) in [6.45, 7) is 1.22. The third-order valence-corrected chi connectivity index (χ3v) is 5.51. The number of hydrogen-bond acceptors (Lipinski definition) is 3. The fourth-order valence-corrected chi connectivity index (χ4v) is 4.22. The maximum absolute atomic E-state index is 12.9. The first-order chi connectivity index (χ1) is 12.3. The molecule has 1 aliphatic rings. The van der Waals surface area contributed by atoms with Gasteiger partial charge >= 0.3 is 6.03 Å². The van der Waals surface area contributed by atoms with E-state index in [2.05, 4.69) is 33.9 Å². The number of pyridine rings is 1. The van der Waals surface area contributed by atoms with Gasteiger partial charge in [0.15, 0.2) is 0 Å². The van der Waals surface area contributed by atoms with E-state index in [1.54, 1.807) is 23.7 Å². The molecule has 0 spiro atoms. The van der Waals surface area contributed by atoms with Gasteiger partial charge in [-0.2, -0.15) is 0 Å². The Morgan fingerprint density at radius 2 is 2.08 bits per heavy atom. The van der Waals surface area contributed by atoms with Crippen LogP contribution in [0.25, 0.3) is 0 Å². The van der Waals surface area contributed by atoms with Gasteiger partial charge in [0, 0.05) is 30.4 Å². The number of benzene rings is 1. The molecular weight excluding hydrogens is 330 g/mol. The predicted molar refractivity (Wildman–Crippen MR) is 99.5 cm³/mol. The van der Waals surface area contributed by atoms with E-state index in [9.17, 15) is 4.79 Å². The van der Waals surface area contributed by atoms with E-state index >= 15 is 0 Å². The van der Waals surface area contributed by atoms with E-state index < -0.39 is 0 Å². The molecule has 0 radical (unpaired) electrons. The van der Waals surface area contributed by atoms with E-state index in [-0.39, 0.29) is 12.1 Å². The third kappa shape index (κ3) is 3.28. The summed E-state index contributed by atoms with van der Waals surface area (Å²) < 4.78 is 0. The van der Waals surface area contributed by atoms with Gasteiger partial charge in [-0.15, -0.1) is 11.3 Å². The first-order valence-electron chi connectivity index (χ1n) is 8.37. The summed E-state index contributed by atoms with van der Waals surface area (Å²) in [6.07, 6.45) is 4.43. The number of urea groups is 1. The van der Waals surface area contributed by atoms with E-state index in [4.69, 9.17) is 0 Å². The van der Waals surface area contributed by atoms with Gasteiger partial charge in [0.05, 0.1) is 6.04 Å². The Kier molecular flexibility index (Phi) is 4.48. The number of carbonyl (C=O) groups is 1. The van der Waals surface area contributed by atoms with Gasteiger partial charge in [-0.05, 0) is 40.6 Å². The second kappa shape index (κ2) is 7.07. The fraction of sp³-hybridized carbons (Fsp3) is 0.200. The van der Waals surface area contributed by atoms with E-state index in [1.165, 1.54) is 10.4 Å². The minimum atomic E-state index is -0.0328. The van der Waals surface area contributed by atoms with Crippen molar-refractivity contribution in [3.05, 3.63) is 87.9 Å². The second-order valence-corrected chi connectivity index (χ2v) is 7.08. The third-order valence-electron chi connectivity index (χ3n) is 4.51. The lowest BCUT2D eigenvalue weighted by molar-refractivity contribution is 0.180. The zero-order chi connectivity index (χ0) is 17.1. The van der Waals surface area contributed by atoms with Crippen LogP contribution in [0.3, 0.4) is 0 Å². The van der Waals surface area contributed by atoms with Crippen molar-refractivity contribution >= 4 is 17.4 Å². The Labute approximate surface area is 151 Å². The molecule has 0 fully saturated rings. The van der Waals surface area contributed by atoms with Crippen molar-refractivity contribution in [1.29, 1.82) is 0 Å². The fourth-order valence-electron chi connectivity index (χ4n) is 3.31. The maximum atomic E-state index is 12.9. The molecule has 2 aromatic heterocycles. The zero-order valence-corrected chi connectivity index (χ0v) is 14.6. The molecule has 4 rings (SSSR count). The Bertz CT molecular complexity index is 848. The molecule has 4 nitrogen and oxygen atoms in total. The quantitative estimate of drug-likeness (QED) is 0.777. The van der Waals surface area contributed by atoms with Crippen molar-refractivity contribution < 1.29 is 4.79 Å². The number of aromatic nitrogens is 1. The molecular formula is C20H19N3OS. The Morgan fingerprint density at radius 3 is 2.88 bits per heavy atom. The summed E-state index contributed by atoms with van der Waals surface area (Å²) in [5, 5.41) is 5.16. The average Bonchev–Trinajstić information content (AvgIpc) is 3.15. The van der Waals surface area contributed by atoms with Gasteiger partial charge in [0.25, 0.3) is 0 Å². The van der Waals surface area contributed by atoms with Crippen LogP contribution in [-0.2, 0) is 13.0 Å². The Balaban J connectivity index is 1.58. The maximum Gasteiger partial charge on any atom is 0.318 e. The molecule has 5 heteroatoms. The van der Waals surface area contributed by atoms with Gasteiger partial charge in [-0.25, -0.2) is 4.79 Å². The Hall–Kier alpha value is -2.66. The van der Waals surface area contributed by atoms with E-state index in [0.717, 1.165) is 24.1 Å². The van der Waals surface area contributed by atoms with Crippen molar-refractivity contribution in [1.82, 2.24) is 15.2 Å². The smallest absolute Gasteiger partial charge is 0.318 e. The molecule has 0 saturated carbocycles. The first kappa shape index (κ1) is 15.8. The summed E-state index contributed by atoms with van der Waals surface area (Å²) in [5.74, 6) is 0. The number of rotatable bonds is 3. The van der Waals surface area contributed by atoms with Crippen LogP contribution >= 0.6 is 11.3 Å². The number of fused-ring (bicyclic) bond motifs is 1. The van der Waals surface area contributed by atoms with Crippen LogP contribution in [0.15, 0.2) is 66.3 Å². The van der Waals surface area contributed by atoms with Crippen LogP contribution in [0, 0.1) is 0 Å². The highest BCUT2D eigenvalue weighted by atomic mass is 32.1. The van der Waals surface area contributed by atoms with Crippen LogP contribution in [0.1, 0.15) is 27.6 Å². The van der Waals surface area contributed by atoms with Crippen molar-refractivity contribution in [2.24, 2.45) is 0 Å². The first-order valence-corrected chi connectivity index (χ1v) is 9.25. The topological polar surface area (TPSA) is 45.2 Å². The van der Waals surface area contributed by atoms with Crippen LogP contribution in [0.2, 0.25) is 0 Å². The van der Waals surface area contributed by atoms with E-state index in [1.807, 2.05) is 35.2 Å². The molecule has 2 amide bonds.